The molecule has 33 heavy (non-hydrogen) atoms. The van der Waals surface area contributed by atoms with Gasteiger partial charge >= 0.3 is 0 Å². The van der Waals surface area contributed by atoms with Crippen molar-refractivity contribution in [2.75, 3.05) is 29.4 Å². The number of thioether (sulfide) groups is 2. The van der Waals surface area contributed by atoms with E-state index in [2.05, 4.69) is 5.32 Å². The Kier molecular flexibility index (Phi) is 9.08. The molecule has 5 nitrogen and oxygen atoms in total. The third-order valence-electron chi connectivity index (χ3n) is 4.54. The fourth-order valence-electron chi connectivity index (χ4n) is 2.90. The zero-order chi connectivity index (χ0) is 23.8. The molecule has 0 spiro atoms. The van der Waals surface area contributed by atoms with Crippen LogP contribution in [0, 0.1) is 5.82 Å². The van der Waals surface area contributed by atoms with E-state index in [0.29, 0.717) is 17.3 Å². The van der Waals surface area contributed by atoms with Crippen molar-refractivity contribution in [2.24, 2.45) is 0 Å². The smallest absolute Gasteiger partial charge is 0.264 e. The summed E-state index contributed by atoms with van der Waals surface area (Å²) in [6.07, 6.45) is 1.89. The van der Waals surface area contributed by atoms with E-state index in [-0.39, 0.29) is 10.6 Å². The predicted octanol–water partition coefficient (Wildman–Crippen LogP) is 5.30. The summed E-state index contributed by atoms with van der Waals surface area (Å²) < 4.78 is 41.4. The van der Waals surface area contributed by atoms with E-state index in [1.54, 1.807) is 24.3 Å². The number of carbonyl (C=O) groups excluding carboxylic acids is 1. The number of hydrogen-bond acceptors (Lipinski definition) is 5. The van der Waals surface area contributed by atoms with Gasteiger partial charge in [-0.15, -0.1) is 23.5 Å². The molecule has 1 N–H and O–H groups in total. The first-order valence-electron chi connectivity index (χ1n) is 9.87. The highest BCUT2D eigenvalue weighted by atomic mass is 35.5. The number of rotatable bonds is 10. The number of halogens is 2. The largest absolute Gasteiger partial charge is 0.354 e. The fraction of sp³-hybridized carbons (Fsp3) is 0.174. The molecule has 0 aliphatic rings. The molecule has 3 aromatic rings. The van der Waals surface area contributed by atoms with E-state index in [1.165, 1.54) is 53.9 Å². The second-order valence-electron chi connectivity index (χ2n) is 6.82. The molecule has 0 fully saturated rings. The quantitative estimate of drug-likeness (QED) is 0.288. The lowest BCUT2D eigenvalue weighted by atomic mass is 10.3. The molecule has 3 aromatic carbocycles. The van der Waals surface area contributed by atoms with Crippen molar-refractivity contribution in [2.45, 2.75) is 14.7 Å². The average Bonchev–Trinajstić information content (AvgIpc) is 2.81. The highest BCUT2D eigenvalue weighted by Crippen LogP contribution is 2.26. The van der Waals surface area contributed by atoms with Gasteiger partial charge in [-0.05, 0) is 73.0 Å². The predicted molar refractivity (Wildman–Crippen MR) is 134 cm³/mol. The minimum absolute atomic E-state index is 0.0238. The molecule has 0 bridgehead atoms. The first-order chi connectivity index (χ1) is 15.8. The van der Waals surface area contributed by atoms with Gasteiger partial charge in [0, 0.05) is 27.1 Å². The van der Waals surface area contributed by atoms with E-state index in [0.717, 1.165) is 20.2 Å². The Morgan fingerprint density at radius 2 is 1.70 bits per heavy atom. The van der Waals surface area contributed by atoms with Crippen LogP contribution in [0.5, 0.6) is 0 Å². The molecular weight excluding hydrogens is 503 g/mol. The number of hydrogen-bond donors (Lipinski definition) is 1. The Balaban J connectivity index is 1.71. The summed E-state index contributed by atoms with van der Waals surface area (Å²) in [7, 11) is -4.09. The van der Waals surface area contributed by atoms with Gasteiger partial charge in [-0.25, -0.2) is 12.8 Å². The van der Waals surface area contributed by atoms with Gasteiger partial charge in [-0.1, -0.05) is 17.7 Å². The first kappa shape index (κ1) is 25.4. The topological polar surface area (TPSA) is 66.5 Å². The van der Waals surface area contributed by atoms with Gasteiger partial charge in [-0.2, -0.15) is 0 Å². The summed E-state index contributed by atoms with van der Waals surface area (Å²) >= 11 is 8.90. The van der Waals surface area contributed by atoms with E-state index in [9.17, 15) is 17.6 Å². The molecule has 10 heteroatoms. The lowest BCUT2D eigenvalue weighted by Crippen LogP contribution is -2.41. The molecule has 0 aliphatic heterocycles. The number of amides is 1. The van der Waals surface area contributed by atoms with Crippen LogP contribution in [-0.4, -0.2) is 39.4 Å². The highest BCUT2D eigenvalue weighted by molar-refractivity contribution is 7.99. The van der Waals surface area contributed by atoms with Crippen LogP contribution in [0.4, 0.5) is 10.1 Å². The van der Waals surface area contributed by atoms with Crippen LogP contribution in [-0.2, 0) is 14.8 Å². The Morgan fingerprint density at radius 1 is 1.03 bits per heavy atom. The van der Waals surface area contributed by atoms with Crippen LogP contribution in [0.2, 0.25) is 5.02 Å². The van der Waals surface area contributed by atoms with E-state index in [4.69, 9.17) is 11.6 Å². The Morgan fingerprint density at radius 3 is 2.33 bits per heavy atom. The molecule has 0 saturated carbocycles. The summed E-state index contributed by atoms with van der Waals surface area (Å²) in [5, 5.41) is 3.38. The SMILES string of the molecule is CSc1ccc(S(=O)(=O)N(CC(=O)NCCSc2ccc(Cl)cc2)c2cccc(F)c2)cc1. The molecule has 0 saturated heterocycles. The van der Waals surface area contributed by atoms with Crippen molar-refractivity contribution >= 4 is 56.7 Å². The third kappa shape index (κ3) is 7.14. The molecule has 3 rings (SSSR count). The zero-order valence-electron chi connectivity index (χ0n) is 17.7. The number of carbonyl (C=O) groups is 1. The molecule has 0 unspecified atom stereocenters. The van der Waals surface area contributed by atoms with Crippen LogP contribution in [0.15, 0.2) is 87.5 Å². The van der Waals surface area contributed by atoms with Gasteiger partial charge in [0.05, 0.1) is 10.6 Å². The van der Waals surface area contributed by atoms with Gasteiger partial charge in [0.1, 0.15) is 12.4 Å². The number of nitrogens with zero attached hydrogens (tertiary/aromatic N) is 1. The molecule has 0 aliphatic carbocycles. The van der Waals surface area contributed by atoms with Crippen molar-refractivity contribution in [1.82, 2.24) is 5.32 Å². The zero-order valence-corrected chi connectivity index (χ0v) is 20.9. The van der Waals surface area contributed by atoms with Crippen molar-refractivity contribution < 1.29 is 17.6 Å². The van der Waals surface area contributed by atoms with Gasteiger partial charge in [-0.3, -0.25) is 9.10 Å². The van der Waals surface area contributed by atoms with Crippen LogP contribution < -0.4 is 9.62 Å². The molecular formula is C23H22ClFN2O3S3. The average molecular weight is 525 g/mol. The van der Waals surface area contributed by atoms with Gasteiger partial charge in [0.25, 0.3) is 10.0 Å². The van der Waals surface area contributed by atoms with Crippen molar-refractivity contribution in [3.8, 4) is 0 Å². The highest BCUT2D eigenvalue weighted by Gasteiger charge is 2.27. The fourth-order valence-corrected chi connectivity index (χ4v) is 5.61. The van der Waals surface area contributed by atoms with Gasteiger partial charge in [0.2, 0.25) is 5.91 Å². The molecule has 0 aromatic heterocycles. The second kappa shape index (κ2) is 11.8. The minimum atomic E-state index is -4.09. The van der Waals surface area contributed by atoms with E-state index in [1.807, 2.05) is 18.4 Å². The molecule has 0 heterocycles. The van der Waals surface area contributed by atoms with Crippen molar-refractivity contribution in [1.29, 1.82) is 0 Å². The second-order valence-corrected chi connectivity index (χ2v) is 11.2. The Labute approximate surface area is 206 Å². The lowest BCUT2D eigenvalue weighted by molar-refractivity contribution is -0.119. The van der Waals surface area contributed by atoms with Crippen molar-refractivity contribution in [3.63, 3.8) is 0 Å². The standard InChI is InChI=1S/C23H22ClFN2O3S3/c1-31-20-9-11-22(12-10-20)33(29,30)27(19-4-2-3-18(25)15-19)16-23(28)26-13-14-32-21-7-5-17(24)6-8-21/h2-12,15H,13-14,16H2,1H3,(H,26,28). The Bertz CT molecular complexity index is 1190. The monoisotopic (exact) mass is 524 g/mol. The van der Waals surface area contributed by atoms with E-state index < -0.39 is 28.3 Å². The molecule has 174 valence electrons. The third-order valence-corrected chi connectivity index (χ3v) is 8.33. The van der Waals surface area contributed by atoms with Crippen LogP contribution >= 0.6 is 35.1 Å². The summed E-state index contributed by atoms with van der Waals surface area (Å²) in [6.45, 7) is -0.132. The maximum Gasteiger partial charge on any atom is 0.264 e. The minimum Gasteiger partial charge on any atom is -0.354 e. The normalized spacial score (nSPS) is 11.2. The Hall–Kier alpha value is -2.20. The van der Waals surface area contributed by atoms with Crippen LogP contribution in [0.25, 0.3) is 0 Å². The molecule has 0 atom stereocenters. The number of benzene rings is 3. The molecule has 0 radical (unpaired) electrons. The van der Waals surface area contributed by atoms with Crippen LogP contribution in [0.3, 0.4) is 0 Å². The van der Waals surface area contributed by atoms with Gasteiger partial charge < -0.3 is 5.32 Å². The first-order valence-corrected chi connectivity index (χ1v) is 13.9. The summed E-state index contributed by atoms with van der Waals surface area (Å²) in [5.41, 5.74) is 0.0784. The lowest BCUT2D eigenvalue weighted by Gasteiger charge is -2.24. The number of anilines is 1. The van der Waals surface area contributed by atoms with E-state index >= 15 is 0 Å². The summed E-state index contributed by atoms with van der Waals surface area (Å²) in [5.74, 6) is -0.485. The number of sulfonamides is 1. The maximum atomic E-state index is 13.9. The summed E-state index contributed by atoms with van der Waals surface area (Å²) in [6, 6.07) is 18.9. The maximum absolute atomic E-state index is 13.9. The molecule has 1 amide bonds. The number of nitrogens with one attached hydrogen (secondary N) is 1. The summed E-state index contributed by atoms with van der Waals surface area (Å²) in [4.78, 5) is 14.5. The van der Waals surface area contributed by atoms with Gasteiger partial charge in [0.15, 0.2) is 0 Å². The van der Waals surface area contributed by atoms with Crippen molar-refractivity contribution in [3.05, 3.63) is 83.6 Å². The van der Waals surface area contributed by atoms with Crippen LogP contribution in [0.1, 0.15) is 0 Å².